The minimum Gasteiger partial charge on any atom is -0.482 e. The number of ether oxygens (including phenoxy) is 1. The molecule has 1 heterocycles. The van der Waals surface area contributed by atoms with Crippen LogP contribution in [0.25, 0.3) is 0 Å². The fraction of sp³-hybridized carbons (Fsp3) is 0.267. The molecule has 1 aromatic heterocycles. The lowest BCUT2D eigenvalue weighted by molar-refractivity contribution is -0.139. The number of aryl methyl sites for hydroxylation is 2. The van der Waals surface area contributed by atoms with Crippen LogP contribution >= 0.6 is 11.3 Å². The van der Waals surface area contributed by atoms with E-state index in [1.807, 2.05) is 13.8 Å². The Balaban J connectivity index is 2.02. The van der Waals surface area contributed by atoms with Gasteiger partial charge < -0.3 is 15.2 Å². The summed E-state index contributed by atoms with van der Waals surface area (Å²) in [6.45, 7) is 3.41. The molecule has 2 aromatic rings. The van der Waals surface area contributed by atoms with Gasteiger partial charge in [0.05, 0.1) is 10.7 Å². The standard InChI is InChI=1S/C15H16N2O4S/c1-3-12-16-9(2)14(22-12)15(20)17-10-4-6-11(7-5-10)21-8-13(18)19/h4-7H,3,8H2,1-2H3,(H,17,20)(H,18,19). The van der Waals surface area contributed by atoms with Crippen molar-refractivity contribution in [3.8, 4) is 5.75 Å². The van der Waals surface area contributed by atoms with Gasteiger partial charge in [-0.05, 0) is 37.6 Å². The molecule has 0 radical (unpaired) electrons. The third-order valence-electron chi connectivity index (χ3n) is 2.82. The number of carbonyl (C=O) groups is 2. The highest BCUT2D eigenvalue weighted by molar-refractivity contribution is 7.13. The van der Waals surface area contributed by atoms with Gasteiger partial charge in [0.25, 0.3) is 5.91 Å². The maximum absolute atomic E-state index is 12.2. The maximum Gasteiger partial charge on any atom is 0.341 e. The number of benzene rings is 1. The van der Waals surface area contributed by atoms with Crippen LogP contribution in [0.2, 0.25) is 0 Å². The van der Waals surface area contributed by atoms with E-state index in [0.29, 0.717) is 16.3 Å². The second-order valence-electron chi connectivity index (χ2n) is 4.54. The van der Waals surface area contributed by atoms with Crippen molar-refractivity contribution in [1.82, 2.24) is 4.98 Å². The first-order chi connectivity index (χ1) is 10.5. The zero-order valence-electron chi connectivity index (χ0n) is 12.3. The molecule has 2 N–H and O–H groups in total. The number of carbonyl (C=O) groups excluding carboxylic acids is 1. The van der Waals surface area contributed by atoms with Gasteiger partial charge in [-0.2, -0.15) is 0 Å². The van der Waals surface area contributed by atoms with Crippen molar-refractivity contribution in [2.45, 2.75) is 20.3 Å². The first-order valence-corrected chi connectivity index (χ1v) is 7.53. The van der Waals surface area contributed by atoms with Gasteiger partial charge in [-0.15, -0.1) is 11.3 Å². The normalized spacial score (nSPS) is 10.3. The minimum absolute atomic E-state index is 0.200. The lowest BCUT2D eigenvalue weighted by atomic mass is 10.3. The fourth-order valence-electron chi connectivity index (χ4n) is 1.78. The van der Waals surface area contributed by atoms with Crippen molar-refractivity contribution >= 4 is 28.9 Å². The third-order valence-corrected chi connectivity index (χ3v) is 4.12. The number of nitrogens with one attached hydrogen (secondary N) is 1. The summed E-state index contributed by atoms with van der Waals surface area (Å²) in [4.78, 5) is 27.6. The number of amides is 1. The lowest BCUT2D eigenvalue weighted by Crippen LogP contribution is -2.12. The number of nitrogens with zero attached hydrogens (tertiary/aromatic N) is 1. The van der Waals surface area contributed by atoms with Crippen LogP contribution in [-0.4, -0.2) is 28.6 Å². The summed E-state index contributed by atoms with van der Waals surface area (Å²) in [6.07, 6.45) is 0.800. The van der Waals surface area contributed by atoms with Crippen molar-refractivity contribution in [3.05, 3.63) is 39.8 Å². The Morgan fingerprint density at radius 2 is 2.00 bits per heavy atom. The predicted molar refractivity (Wildman–Crippen MR) is 83.8 cm³/mol. The smallest absolute Gasteiger partial charge is 0.341 e. The molecule has 1 aromatic carbocycles. The Kier molecular flexibility index (Phi) is 5.11. The second kappa shape index (κ2) is 7.04. The van der Waals surface area contributed by atoms with E-state index >= 15 is 0 Å². The number of carboxylic acid groups (broad SMARTS) is 1. The van der Waals surface area contributed by atoms with Crippen molar-refractivity contribution in [3.63, 3.8) is 0 Å². The van der Waals surface area contributed by atoms with Gasteiger partial charge in [0.1, 0.15) is 10.6 Å². The van der Waals surface area contributed by atoms with Gasteiger partial charge in [0.2, 0.25) is 0 Å². The Bertz CT molecular complexity index is 679. The van der Waals surface area contributed by atoms with Crippen LogP contribution in [0.4, 0.5) is 5.69 Å². The van der Waals surface area contributed by atoms with E-state index in [1.165, 1.54) is 11.3 Å². The molecule has 116 valence electrons. The molecule has 0 fully saturated rings. The van der Waals surface area contributed by atoms with E-state index in [4.69, 9.17) is 9.84 Å². The van der Waals surface area contributed by atoms with Crippen molar-refractivity contribution in [2.75, 3.05) is 11.9 Å². The number of aromatic nitrogens is 1. The molecular formula is C15H16N2O4S. The summed E-state index contributed by atoms with van der Waals surface area (Å²) in [6, 6.07) is 6.53. The number of rotatable bonds is 6. The molecule has 22 heavy (non-hydrogen) atoms. The first kappa shape index (κ1) is 16.0. The number of hydrogen-bond donors (Lipinski definition) is 2. The van der Waals surface area contributed by atoms with Gasteiger partial charge in [-0.25, -0.2) is 9.78 Å². The second-order valence-corrected chi connectivity index (χ2v) is 5.62. The first-order valence-electron chi connectivity index (χ1n) is 6.72. The Hall–Kier alpha value is -2.41. The fourth-order valence-corrected chi connectivity index (χ4v) is 2.68. The molecule has 1 amide bonds. The average molecular weight is 320 g/mol. The molecule has 2 rings (SSSR count). The van der Waals surface area contributed by atoms with Crippen LogP contribution in [0.15, 0.2) is 24.3 Å². The quantitative estimate of drug-likeness (QED) is 0.854. The molecule has 0 saturated heterocycles. The van der Waals surface area contributed by atoms with E-state index in [9.17, 15) is 9.59 Å². The molecule has 0 aliphatic carbocycles. The minimum atomic E-state index is -1.04. The molecule has 0 aliphatic heterocycles. The summed E-state index contributed by atoms with van der Waals surface area (Å²) in [5.41, 5.74) is 1.33. The van der Waals surface area contributed by atoms with E-state index < -0.39 is 12.6 Å². The van der Waals surface area contributed by atoms with E-state index in [2.05, 4.69) is 10.3 Å². The summed E-state index contributed by atoms with van der Waals surface area (Å²) < 4.78 is 5.03. The predicted octanol–water partition coefficient (Wildman–Crippen LogP) is 2.73. The summed E-state index contributed by atoms with van der Waals surface area (Å²) in [7, 11) is 0. The highest BCUT2D eigenvalue weighted by Gasteiger charge is 2.14. The number of carboxylic acids is 1. The van der Waals surface area contributed by atoms with Gasteiger partial charge in [-0.3, -0.25) is 4.79 Å². The summed E-state index contributed by atoms with van der Waals surface area (Å²) in [5, 5.41) is 12.3. The maximum atomic E-state index is 12.2. The van der Waals surface area contributed by atoms with E-state index in [0.717, 1.165) is 17.1 Å². The molecule has 0 aliphatic rings. The van der Waals surface area contributed by atoms with E-state index in [-0.39, 0.29) is 5.91 Å². The number of thiazole rings is 1. The monoisotopic (exact) mass is 320 g/mol. The molecule has 7 heteroatoms. The number of aliphatic carboxylic acids is 1. The largest absolute Gasteiger partial charge is 0.482 e. The molecule has 0 spiro atoms. The van der Waals surface area contributed by atoms with Gasteiger partial charge >= 0.3 is 5.97 Å². The third kappa shape index (κ3) is 4.05. The van der Waals surface area contributed by atoms with Crippen molar-refractivity contribution in [1.29, 1.82) is 0 Å². The van der Waals surface area contributed by atoms with Crippen LogP contribution in [0.3, 0.4) is 0 Å². The summed E-state index contributed by atoms with van der Waals surface area (Å²) >= 11 is 1.39. The van der Waals surface area contributed by atoms with Crippen molar-refractivity contribution < 1.29 is 19.4 Å². The van der Waals surface area contributed by atoms with E-state index in [1.54, 1.807) is 24.3 Å². The number of hydrogen-bond acceptors (Lipinski definition) is 5. The Morgan fingerprint density at radius 3 is 2.55 bits per heavy atom. The zero-order chi connectivity index (χ0) is 16.1. The number of anilines is 1. The molecule has 6 nitrogen and oxygen atoms in total. The van der Waals surface area contributed by atoms with Crippen LogP contribution in [0.1, 0.15) is 27.3 Å². The average Bonchev–Trinajstić information content (AvgIpc) is 2.87. The lowest BCUT2D eigenvalue weighted by Gasteiger charge is -2.06. The topological polar surface area (TPSA) is 88.5 Å². The molecule has 0 unspecified atom stereocenters. The van der Waals surface area contributed by atoms with Crippen LogP contribution in [-0.2, 0) is 11.2 Å². The summed E-state index contributed by atoms with van der Waals surface area (Å²) in [5.74, 6) is -0.804. The van der Waals surface area contributed by atoms with Gasteiger partial charge in [-0.1, -0.05) is 6.92 Å². The SMILES string of the molecule is CCc1nc(C)c(C(=O)Nc2ccc(OCC(=O)O)cc2)s1. The molecular weight excluding hydrogens is 304 g/mol. The Labute approximate surface area is 131 Å². The highest BCUT2D eigenvalue weighted by Crippen LogP contribution is 2.21. The molecule has 0 atom stereocenters. The molecule has 0 bridgehead atoms. The van der Waals surface area contributed by atoms with Gasteiger partial charge in [0.15, 0.2) is 6.61 Å². The van der Waals surface area contributed by atoms with Crippen LogP contribution < -0.4 is 10.1 Å². The van der Waals surface area contributed by atoms with Crippen LogP contribution in [0.5, 0.6) is 5.75 Å². The highest BCUT2D eigenvalue weighted by atomic mass is 32.1. The van der Waals surface area contributed by atoms with Crippen LogP contribution in [0, 0.1) is 6.92 Å². The zero-order valence-corrected chi connectivity index (χ0v) is 13.1. The Morgan fingerprint density at radius 1 is 1.32 bits per heavy atom. The van der Waals surface area contributed by atoms with Crippen molar-refractivity contribution in [2.24, 2.45) is 0 Å². The van der Waals surface area contributed by atoms with Gasteiger partial charge in [0, 0.05) is 5.69 Å². The molecule has 0 saturated carbocycles.